The molecular formula is C18H14Cl2N4O2. The summed E-state index contributed by atoms with van der Waals surface area (Å²) >= 11 is 12.5. The van der Waals surface area contributed by atoms with Gasteiger partial charge in [-0.2, -0.15) is 5.10 Å². The average Bonchev–Trinajstić information content (AvgIpc) is 2.79. The van der Waals surface area contributed by atoms with Gasteiger partial charge < -0.3 is 5.11 Å². The van der Waals surface area contributed by atoms with E-state index in [0.717, 1.165) is 11.1 Å². The zero-order chi connectivity index (χ0) is 18.7. The Hall–Kier alpha value is -2.70. The molecule has 0 spiro atoms. The lowest BCUT2D eigenvalue weighted by Crippen LogP contribution is -2.24. The second-order valence-corrected chi connectivity index (χ2v) is 6.32. The molecule has 2 aromatic rings. The third-order valence-corrected chi connectivity index (χ3v) is 4.21. The van der Waals surface area contributed by atoms with Crippen LogP contribution >= 0.6 is 23.2 Å². The summed E-state index contributed by atoms with van der Waals surface area (Å²) in [5.41, 5.74) is 5.38. The molecule has 132 valence electrons. The Kier molecular flexibility index (Phi) is 5.35. The van der Waals surface area contributed by atoms with Crippen LogP contribution in [0, 0.1) is 0 Å². The number of carboxylic acids is 1. The lowest BCUT2D eigenvalue weighted by molar-refractivity contribution is -0.129. The van der Waals surface area contributed by atoms with Gasteiger partial charge in [0.2, 0.25) is 0 Å². The summed E-state index contributed by atoms with van der Waals surface area (Å²) in [5, 5.41) is 13.8. The number of carboxylic acid groups (broad SMARTS) is 1. The molecule has 1 aliphatic rings. The number of hydrazone groups is 1. The Balaban J connectivity index is 2.06. The molecule has 0 unspecified atom stereocenters. The first-order valence-electron chi connectivity index (χ1n) is 7.66. The zero-order valence-corrected chi connectivity index (χ0v) is 15.2. The second kappa shape index (κ2) is 7.68. The van der Waals surface area contributed by atoms with Crippen LogP contribution < -0.4 is 5.43 Å². The van der Waals surface area contributed by atoms with Crippen molar-refractivity contribution in [2.45, 2.75) is 6.92 Å². The largest absolute Gasteiger partial charge is 0.477 e. The van der Waals surface area contributed by atoms with Crippen LogP contribution in [0.1, 0.15) is 18.1 Å². The van der Waals surface area contributed by atoms with E-state index in [9.17, 15) is 4.79 Å². The highest BCUT2D eigenvalue weighted by molar-refractivity contribution is 6.36. The number of nitrogens with one attached hydrogen (secondary N) is 1. The Morgan fingerprint density at radius 1 is 1.19 bits per heavy atom. The van der Waals surface area contributed by atoms with Gasteiger partial charge in [0, 0.05) is 21.2 Å². The SMILES string of the molecule is C/C(=N/NC1=Nc2ccc(Cl)cc2C(c2ccccc2Cl)=NC1)C(=O)O. The van der Waals surface area contributed by atoms with Gasteiger partial charge in [0.15, 0.2) is 0 Å². The quantitative estimate of drug-likeness (QED) is 0.616. The number of aliphatic carboxylic acids is 1. The first kappa shape index (κ1) is 18.1. The van der Waals surface area contributed by atoms with Crippen LogP contribution in [-0.4, -0.2) is 34.9 Å². The summed E-state index contributed by atoms with van der Waals surface area (Å²) in [6.07, 6.45) is 0. The van der Waals surface area contributed by atoms with Crippen LogP contribution in [0.3, 0.4) is 0 Å². The summed E-state index contributed by atoms with van der Waals surface area (Å²) in [5.74, 6) is -0.699. The summed E-state index contributed by atoms with van der Waals surface area (Å²) in [6, 6.07) is 12.6. The number of amidine groups is 1. The highest BCUT2D eigenvalue weighted by Gasteiger charge is 2.18. The normalized spacial score (nSPS) is 14.0. The minimum atomic E-state index is -1.11. The van der Waals surface area contributed by atoms with Gasteiger partial charge in [-0.15, -0.1) is 0 Å². The minimum Gasteiger partial charge on any atom is -0.477 e. The molecule has 0 radical (unpaired) electrons. The molecule has 0 atom stereocenters. The number of aliphatic imine (C=N–C) groups is 2. The van der Waals surface area contributed by atoms with Crippen LogP contribution in [0.4, 0.5) is 5.69 Å². The first-order chi connectivity index (χ1) is 12.5. The van der Waals surface area contributed by atoms with Gasteiger partial charge in [-0.1, -0.05) is 41.4 Å². The molecule has 1 aliphatic heterocycles. The summed E-state index contributed by atoms with van der Waals surface area (Å²) in [4.78, 5) is 20.0. The number of hydrogen-bond donors (Lipinski definition) is 2. The number of rotatable bonds is 3. The summed E-state index contributed by atoms with van der Waals surface area (Å²) in [6.45, 7) is 1.57. The monoisotopic (exact) mass is 388 g/mol. The molecule has 26 heavy (non-hydrogen) atoms. The van der Waals surface area contributed by atoms with Gasteiger partial charge in [-0.3, -0.25) is 10.4 Å². The third-order valence-electron chi connectivity index (χ3n) is 3.65. The number of nitrogens with zero attached hydrogens (tertiary/aromatic N) is 3. The van der Waals surface area contributed by atoms with Crippen LogP contribution in [0.25, 0.3) is 0 Å². The van der Waals surface area contributed by atoms with Crippen molar-refractivity contribution >= 4 is 52.1 Å². The van der Waals surface area contributed by atoms with Gasteiger partial charge in [0.25, 0.3) is 0 Å². The van der Waals surface area contributed by atoms with E-state index in [1.165, 1.54) is 6.92 Å². The third kappa shape index (κ3) is 3.92. The maximum Gasteiger partial charge on any atom is 0.351 e. The van der Waals surface area contributed by atoms with E-state index in [-0.39, 0.29) is 12.3 Å². The van der Waals surface area contributed by atoms with Gasteiger partial charge in [-0.05, 0) is 31.2 Å². The highest BCUT2D eigenvalue weighted by atomic mass is 35.5. The Morgan fingerprint density at radius 2 is 1.96 bits per heavy atom. The molecule has 0 saturated carbocycles. The Labute approximate surface area is 159 Å². The van der Waals surface area contributed by atoms with E-state index < -0.39 is 5.97 Å². The Morgan fingerprint density at radius 3 is 2.69 bits per heavy atom. The number of fused-ring (bicyclic) bond motifs is 1. The standard InChI is InChI=1S/C18H14Cl2N4O2/c1-10(18(25)26)23-24-16-9-21-17(12-4-2-3-5-14(12)20)13-8-11(19)6-7-15(13)22-16/h2-8H,9H2,1H3,(H,22,24)(H,25,26)/b23-10-. The lowest BCUT2D eigenvalue weighted by Gasteiger charge is -2.10. The van der Waals surface area contributed by atoms with Gasteiger partial charge in [-0.25, -0.2) is 9.79 Å². The molecular weight excluding hydrogens is 375 g/mol. The zero-order valence-electron chi connectivity index (χ0n) is 13.7. The van der Waals surface area contributed by atoms with Crippen molar-refractivity contribution in [3.8, 4) is 0 Å². The van der Waals surface area contributed by atoms with Crippen molar-refractivity contribution in [1.29, 1.82) is 0 Å². The van der Waals surface area contributed by atoms with Gasteiger partial charge in [0.05, 0.1) is 17.9 Å². The molecule has 6 nitrogen and oxygen atoms in total. The van der Waals surface area contributed by atoms with Crippen molar-refractivity contribution in [1.82, 2.24) is 5.43 Å². The maximum absolute atomic E-state index is 10.9. The molecule has 3 rings (SSSR count). The molecule has 0 amide bonds. The number of hydrogen-bond acceptors (Lipinski definition) is 5. The van der Waals surface area contributed by atoms with Crippen molar-refractivity contribution in [2.75, 3.05) is 6.54 Å². The molecule has 2 aromatic carbocycles. The molecule has 0 aliphatic carbocycles. The van der Waals surface area contributed by atoms with E-state index in [1.807, 2.05) is 18.2 Å². The van der Waals surface area contributed by atoms with Crippen LogP contribution in [0.5, 0.6) is 0 Å². The van der Waals surface area contributed by atoms with Crippen molar-refractivity contribution in [3.05, 3.63) is 63.6 Å². The van der Waals surface area contributed by atoms with Crippen molar-refractivity contribution < 1.29 is 9.90 Å². The lowest BCUT2D eigenvalue weighted by atomic mass is 10.0. The Bertz CT molecular complexity index is 967. The van der Waals surface area contributed by atoms with Crippen molar-refractivity contribution in [3.63, 3.8) is 0 Å². The van der Waals surface area contributed by atoms with E-state index in [0.29, 0.717) is 27.3 Å². The fourth-order valence-corrected chi connectivity index (χ4v) is 2.75. The molecule has 0 fully saturated rings. The topological polar surface area (TPSA) is 86.4 Å². The molecule has 0 aromatic heterocycles. The molecule has 0 saturated heterocycles. The number of carbonyl (C=O) groups is 1. The predicted octanol–water partition coefficient (Wildman–Crippen LogP) is 3.92. The van der Waals surface area contributed by atoms with Crippen LogP contribution in [-0.2, 0) is 4.79 Å². The predicted molar refractivity (Wildman–Crippen MR) is 104 cm³/mol. The van der Waals surface area contributed by atoms with E-state index in [2.05, 4.69) is 20.5 Å². The van der Waals surface area contributed by atoms with Gasteiger partial charge >= 0.3 is 5.97 Å². The van der Waals surface area contributed by atoms with Gasteiger partial charge in [0.1, 0.15) is 11.5 Å². The smallest absolute Gasteiger partial charge is 0.351 e. The highest BCUT2D eigenvalue weighted by Crippen LogP contribution is 2.30. The molecule has 8 heteroatoms. The molecule has 0 bridgehead atoms. The van der Waals surface area contributed by atoms with E-state index in [1.54, 1.807) is 24.3 Å². The fourth-order valence-electron chi connectivity index (χ4n) is 2.36. The average molecular weight is 389 g/mol. The fraction of sp³-hybridized carbons (Fsp3) is 0.111. The summed E-state index contributed by atoms with van der Waals surface area (Å²) < 4.78 is 0. The van der Waals surface area contributed by atoms with E-state index >= 15 is 0 Å². The summed E-state index contributed by atoms with van der Waals surface area (Å²) in [7, 11) is 0. The number of halogens is 2. The molecule has 2 N–H and O–H groups in total. The second-order valence-electron chi connectivity index (χ2n) is 5.48. The molecule has 1 heterocycles. The van der Waals surface area contributed by atoms with Crippen LogP contribution in [0.2, 0.25) is 10.0 Å². The van der Waals surface area contributed by atoms with Crippen molar-refractivity contribution in [2.24, 2.45) is 15.1 Å². The van der Waals surface area contributed by atoms with Crippen LogP contribution in [0.15, 0.2) is 57.6 Å². The number of benzene rings is 2. The minimum absolute atomic E-state index is 0.0800. The first-order valence-corrected chi connectivity index (χ1v) is 8.41. The van der Waals surface area contributed by atoms with E-state index in [4.69, 9.17) is 28.3 Å². The maximum atomic E-state index is 10.9.